The van der Waals surface area contributed by atoms with Crippen molar-refractivity contribution in [2.24, 2.45) is 0 Å². The van der Waals surface area contributed by atoms with Crippen molar-refractivity contribution >= 4 is 5.91 Å². The summed E-state index contributed by atoms with van der Waals surface area (Å²) in [6.45, 7) is 8.75. The van der Waals surface area contributed by atoms with Crippen molar-refractivity contribution in [2.75, 3.05) is 6.54 Å². The van der Waals surface area contributed by atoms with Gasteiger partial charge in [0.05, 0.1) is 6.10 Å². The van der Waals surface area contributed by atoms with Gasteiger partial charge in [-0.25, -0.2) is 0 Å². The number of ether oxygens (including phenoxy) is 2. The van der Waals surface area contributed by atoms with Gasteiger partial charge in [-0.05, 0) is 74.9 Å². The Morgan fingerprint density at radius 2 is 1.71 bits per heavy atom. The molecule has 0 aliphatic carbocycles. The second-order valence-corrected chi connectivity index (χ2v) is 7.22. The summed E-state index contributed by atoms with van der Waals surface area (Å²) >= 11 is 0. The van der Waals surface area contributed by atoms with E-state index in [9.17, 15) is 4.79 Å². The Morgan fingerprint density at radius 1 is 0.964 bits per heavy atom. The third-order valence-electron chi connectivity index (χ3n) is 4.48. The molecule has 0 spiro atoms. The summed E-state index contributed by atoms with van der Waals surface area (Å²) in [6.07, 6.45) is 3.10. The van der Waals surface area contributed by atoms with E-state index in [0.29, 0.717) is 13.0 Å². The summed E-state index contributed by atoms with van der Waals surface area (Å²) in [6, 6.07) is 16.1. The highest BCUT2D eigenvalue weighted by Crippen LogP contribution is 2.17. The fourth-order valence-corrected chi connectivity index (χ4v) is 2.95. The number of hydrogen-bond donors (Lipinski definition) is 1. The zero-order valence-corrected chi connectivity index (χ0v) is 17.5. The van der Waals surface area contributed by atoms with Crippen LogP contribution < -0.4 is 14.8 Å². The lowest BCUT2D eigenvalue weighted by molar-refractivity contribution is -0.128. The quantitative estimate of drug-likeness (QED) is 0.559. The first-order valence-corrected chi connectivity index (χ1v) is 10.3. The Kier molecular flexibility index (Phi) is 8.86. The van der Waals surface area contributed by atoms with Crippen molar-refractivity contribution < 1.29 is 14.3 Å². The molecule has 0 saturated heterocycles. The lowest BCUT2D eigenvalue weighted by Gasteiger charge is -2.17. The van der Waals surface area contributed by atoms with Crippen LogP contribution in [-0.2, 0) is 17.6 Å². The average molecular weight is 384 g/mol. The molecule has 2 aromatic carbocycles. The fourth-order valence-electron chi connectivity index (χ4n) is 2.95. The summed E-state index contributed by atoms with van der Waals surface area (Å²) < 4.78 is 11.6. The average Bonchev–Trinajstić information content (AvgIpc) is 2.69. The maximum Gasteiger partial charge on any atom is 0.261 e. The molecule has 1 unspecified atom stereocenters. The van der Waals surface area contributed by atoms with E-state index in [1.807, 2.05) is 57.2 Å². The maximum atomic E-state index is 12.4. The highest BCUT2D eigenvalue weighted by molar-refractivity contribution is 5.81. The molecule has 0 bridgehead atoms. The number of carbonyl (C=O) groups is 1. The van der Waals surface area contributed by atoms with Crippen molar-refractivity contribution in [2.45, 2.75) is 65.6 Å². The third kappa shape index (κ3) is 7.26. The van der Waals surface area contributed by atoms with Crippen LogP contribution in [0.1, 0.15) is 51.7 Å². The molecule has 0 heterocycles. The molecule has 0 radical (unpaired) electrons. The van der Waals surface area contributed by atoms with Gasteiger partial charge in [0.2, 0.25) is 0 Å². The minimum Gasteiger partial charge on any atom is -0.491 e. The van der Waals surface area contributed by atoms with Crippen LogP contribution in [0.15, 0.2) is 48.5 Å². The SMILES string of the molecule is CCc1ccc(OC(CC)C(=O)NCCCc2cccc(OC(C)C)c2)cc1. The molecule has 28 heavy (non-hydrogen) atoms. The molecule has 2 aromatic rings. The normalized spacial score (nSPS) is 11.9. The Bertz CT molecular complexity index is 725. The number of aryl methyl sites for hydroxylation is 2. The van der Waals surface area contributed by atoms with Crippen molar-refractivity contribution in [1.29, 1.82) is 0 Å². The summed E-state index contributed by atoms with van der Waals surface area (Å²) in [4.78, 5) is 12.4. The highest BCUT2D eigenvalue weighted by atomic mass is 16.5. The molecule has 4 heteroatoms. The number of benzene rings is 2. The molecule has 0 aromatic heterocycles. The number of nitrogens with one attached hydrogen (secondary N) is 1. The smallest absolute Gasteiger partial charge is 0.261 e. The van der Waals surface area contributed by atoms with E-state index in [1.165, 1.54) is 11.1 Å². The molecule has 1 amide bonds. The van der Waals surface area contributed by atoms with Gasteiger partial charge < -0.3 is 14.8 Å². The van der Waals surface area contributed by atoms with Crippen molar-refractivity contribution in [3.8, 4) is 11.5 Å². The first kappa shape index (κ1) is 21.8. The molecule has 0 aliphatic heterocycles. The molecule has 152 valence electrons. The summed E-state index contributed by atoms with van der Waals surface area (Å²) in [5, 5.41) is 3.00. The second kappa shape index (κ2) is 11.4. The summed E-state index contributed by atoms with van der Waals surface area (Å²) in [7, 11) is 0. The molecule has 1 atom stereocenters. The maximum absolute atomic E-state index is 12.4. The van der Waals surface area contributed by atoms with Crippen LogP contribution in [0.5, 0.6) is 11.5 Å². The highest BCUT2D eigenvalue weighted by Gasteiger charge is 2.17. The standard InChI is InChI=1S/C24H33NO3/c1-5-19-12-14-21(15-13-19)28-23(6-2)24(26)25-16-8-10-20-9-7-11-22(17-20)27-18(3)4/h7,9,11-15,17-18,23H,5-6,8,10,16H2,1-4H3,(H,25,26). The van der Waals surface area contributed by atoms with Gasteiger partial charge in [-0.1, -0.05) is 38.1 Å². The largest absolute Gasteiger partial charge is 0.491 e. The number of hydrogen-bond acceptors (Lipinski definition) is 3. The van der Waals surface area contributed by atoms with Crippen LogP contribution in [0, 0.1) is 0 Å². The van der Waals surface area contributed by atoms with E-state index in [2.05, 4.69) is 24.4 Å². The van der Waals surface area contributed by atoms with Crippen LogP contribution in [0.2, 0.25) is 0 Å². The van der Waals surface area contributed by atoms with Gasteiger partial charge in [-0.3, -0.25) is 4.79 Å². The van der Waals surface area contributed by atoms with E-state index in [1.54, 1.807) is 0 Å². The molecule has 0 fully saturated rings. The zero-order valence-electron chi connectivity index (χ0n) is 17.5. The molecular formula is C24H33NO3. The van der Waals surface area contributed by atoms with E-state index >= 15 is 0 Å². The Hall–Kier alpha value is -2.49. The Balaban J connectivity index is 1.77. The van der Waals surface area contributed by atoms with Gasteiger partial charge in [0.15, 0.2) is 6.10 Å². The summed E-state index contributed by atoms with van der Waals surface area (Å²) in [5.74, 6) is 1.57. The van der Waals surface area contributed by atoms with Gasteiger partial charge in [-0.15, -0.1) is 0 Å². The van der Waals surface area contributed by atoms with E-state index in [-0.39, 0.29) is 12.0 Å². The van der Waals surface area contributed by atoms with Crippen LogP contribution >= 0.6 is 0 Å². The first-order chi connectivity index (χ1) is 13.5. The first-order valence-electron chi connectivity index (χ1n) is 10.3. The van der Waals surface area contributed by atoms with E-state index < -0.39 is 6.10 Å². The number of amides is 1. The Morgan fingerprint density at radius 3 is 2.36 bits per heavy atom. The monoisotopic (exact) mass is 383 g/mol. The van der Waals surface area contributed by atoms with Crippen LogP contribution in [0.3, 0.4) is 0 Å². The zero-order chi connectivity index (χ0) is 20.4. The number of rotatable bonds is 11. The van der Waals surface area contributed by atoms with Gasteiger partial charge >= 0.3 is 0 Å². The van der Waals surface area contributed by atoms with Crippen LogP contribution in [-0.4, -0.2) is 24.7 Å². The van der Waals surface area contributed by atoms with Crippen molar-refractivity contribution in [1.82, 2.24) is 5.32 Å². The third-order valence-corrected chi connectivity index (χ3v) is 4.48. The topological polar surface area (TPSA) is 47.6 Å². The molecular weight excluding hydrogens is 350 g/mol. The van der Waals surface area contributed by atoms with Gasteiger partial charge in [0, 0.05) is 6.54 Å². The molecule has 2 rings (SSSR count). The Labute approximate surface area is 169 Å². The second-order valence-electron chi connectivity index (χ2n) is 7.22. The van der Waals surface area contributed by atoms with Gasteiger partial charge in [0.1, 0.15) is 11.5 Å². The van der Waals surface area contributed by atoms with Gasteiger partial charge in [0.25, 0.3) is 5.91 Å². The fraction of sp³-hybridized carbons (Fsp3) is 0.458. The number of carbonyl (C=O) groups excluding carboxylic acids is 1. The molecule has 0 saturated carbocycles. The summed E-state index contributed by atoms with van der Waals surface area (Å²) in [5.41, 5.74) is 2.47. The predicted octanol–water partition coefficient (Wildman–Crippen LogP) is 4.94. The van der Waals surface area contributed by atoms with Crippen LogP contribution in [0.25, 0.3) is 0 Å². The molecule has 1 N–H and O–H groups in total. The van der Waals surface area contributed by atoms with Crippen LogP contribution in [0.4, 0.5) is 0 Å². The minimum atomic E-state index is -0.463. The predicted molar refractivity (Wildman–Crippen MR) is 114 cm³/mol. The lowest BCUT2D eigenvalue weighted by Crippen LogP contribution is -2.38. The lowest BCUT2D eigenvalue weighted by atomic mass is 10.1. The van der Waals surface area contributed by atoms with Crippen molar-refractivity contribution in [3.05, 3.63) is 59.7 Å². The molecule has 4 nitrogen and oxygen atoms in total. The van der Waals surface area contributed by atoms with E-state index in [0.717, 1.165) is 30.8 Å². The van der Waals surface area contributed by atoms with Gasteiger partial charge in [-0.2, -0.15) is 0 Å². The molecule has 0 aliphatic rings. The minimum absolute atomic E-state index is 0.0565. The van der Waals surface area contributed by atoms with E-state index in [4.69, 9.17) is 9.47 Å². The van der Waals surface area contributed by atoms with Crippen molar-refractivity contribution in [3.63, 3.8) is 0 Å².